The Morgan fingerprint density at radius 2 is 2.09 bits per heavy atom. The number of halogens is 2. The smallest absolute Gasteiger partial charge is 0.273 e. The number of hydrogen-bond acceptors (Lipinski definition) is 4. The highest BCUT2D eigenvalue weighted by Crippen LogP contribution is 2.26. The Bertz CT molecular complexity index is 1140. The average Bonchev–Trinajstić information content (AvgIpc) is 3.23. The number of aryl methyl sites for hydroxylation is 1. The van der Waals surface area contributed by atoms with Crippen LogP contribution in [0.3, 0.4) is 0 Å². The van der Waals surface area contributed by atoms with Crippen molar-refractivity contribution in [3.63, 3.8) is 0 Å². The minimum absolute atomic E-state index is 0.202. The zero-order valence-corrected chi connectivity index (χ0v) is 18.8. The van der Waals surface area contributed by atoms with E-state index in [9.17, 15) is 9.18 Å². The Morgan fingerprint density at radius 1 is 1.25 bits per heavy atom. The van der Waals surface area contributed by atoms with Crippen LogP contribution in [-0.4, -0.2) is 23.8 Å². The van der Waals surface area contributed by atoms with Gasteiger partial charge in [-0.3, -0.25) is 9.79 Å². The molecule has 1 amide bonds. The molecule has 0 unspecified atom stereocenters. The summed E-state index contributed by atoms with van der Waals surface area (Å²) in [6.45, 7) is 4.36. The molecule has 0 saturated heterocycles. The quantitative estimate of drug-likeness (QED) is 0.318. The number of allylic oxidation sites excluding steroid dienone is 1. The number of carbonyl (C=O) groups excluding carboxylic acids is 1. The average molecular weight is 454 g/mol. The Labute approximate surface area is 192 Å². The van der Waals surface area contributed by atoms with Crippen LogP contribution in [0.1, 0.15) is 52.7 Å². The lowest BCUT2D eigenvalue weighted by molar-refractivity contribution is 0.0944. The number of hydrogen-bond donors (Lipinski definition) is 1. The number of amides is 1. The van der Waals surface area contributed by atoms with Gasteiger partial charge in [0.1, 0.15) is 11.6 Å². The highest BCUT2D eigenvalue weighted by molar-refractivity contribution is 6.30. The number of nitrogens with one attached hydrogen (secondary N) is 1. The molecule has 0 bridgehead atoms. The largest absolute Gasteiger partial charge is 0.360 e. The Morgan fingerprint density at radius 3 is 2.88 bits per heavy atom. The first kappa shape index (κ1) is 23.4. The molecule has 5 nitrogen and oxygen atoms in total. The van der Waals surface area contributed by atoms with E-state index in [0.717, 1.165) is 35.1 Å². The lowest BCUT2D eigenvalue weighted by Gasteiger charge is -2.11. The molecule has 0 saturated carbocycles. The Hall–Kier alpha value is -3.25. The predicted octanol–water partition coefficient (Wildman–Crippen LogP) is 6.01. The molecule has 0 spiro atoms. The van der Waals surface area contributed by atoms with E-state index in [-0.39, 0.29) is 17.4 Å². The van der Waals surface area contributed by atoms with E-state index in [1.54, 1.807) is 24.4 Å². The molecule has 0 atom stereocenters. The SMILES string of the molecule is CC=NC=C(CCCNC(=O)c1cc(Cc2cccc(F)c2)on1)c1cc(Cl)ccc1C. The normalized spacial score (nSPS) is 11.8. The molecule has 0 radical (unpaired) electrons. The van der Waals surface area contributed by atoms with Crippen molar-refractivity contribution >= 4 is 29.3 Å². The van der Waals surface area contributed by atoms with Crippen LogP contribution >= 0.6 is 11.6 Å². The molecule has 2 aromatic carbocycles. The standard InChI is InChI=1S/C25H25ClFN3O2/c1-3-28-16-19(23-14-20(26)10-9-17(23)2)7-5-11-29-25(31)24-15-22(32-30-24)13-18-6-4-8-21(27)12-18/h3-4,6,8-10,12,14-16H,5,7,11,13H2,1-2H3,(H,29,31). The van der Waals surface area contributed by atoms with Gasteiger partial charge in [-0.25, -0.2) is 4.39 Å². The maximum absolute atomic E-state index is 13.3. The van der Waals surface area contributed by atoms with Crippen molar-refractivity contribution < 1.29 is 13.7 Å². The molecule has 7 heteroatoms. The summed E-state index contributed by atoms with van der Waals surface area (Å²) >= 11 is 6.17. The highest BCUT2D eigenvalue weighted by atomic mass is 35.5. The maximum atomic E-state index is 13.3. The van der Waals surface area contributed by atoms with Crippen molar-refractivity contribution in [2.45, 2.75) is 33.1 Å². The van der Waals surface area contributed by atoms with Crippen molar-refractivity contribution in [2.24, 2.45) is 4.99 Å². The first-order valence-corrected chi connectivity index (χ1v) is 10.8. The lowest BCUT2D eigenvalue weighted by atomic mass is 9.97. The molecule has 0 fully saturated rings. The van der Waals surface area contributed by atoms with Gasteiger partial charge in [-0.2, -0.15) is 0 Å². The number of nitrogens with zero attached hydrogens (tertiary/aromatic N) is 2. The third kappa shape index (κ3) is 6.62. The summed E-state index contributed by atoms with van der Waals surface area (Å²) in [7, 11) is 0. The Balaban J connectivity index is 1.54. The van der Waals surface area contributed by atoms with E-state index in [2.05, 4.69) is 15.5 Å². The second-order valence-corrected chi connectivity index (χ2v) is 7.80. The summed E-state index contributed by atoms with van der Waals surface area (Å²) in [6, 6.07) is 13.6. The highest BCUT2D eigenvalue weighted by Gasteiger charge is 2.13. The molecular weight excluding hydrogens is 429 g/mol. The van der Waals surface area contributed by atoms with Crippen LogP contribution in [0.4, 0.5) is 4.39 Å². The van der Waals surface area contributed by atoms with Crippen LogP contribution < -0.4 is 5.32 Å². The zero-order chi connectivity index (χ0) is 22.9. The molecule has 3 aromatic rings. The second kappa shape index (κ2) is 11.4. The molecule has 0 aliphatic carbocycles. The number of aliphatic imine (C=N–C) groups is 1. The molecule has 0 aliphatic rings. The van der Waals surface area contributed by atoms with Gasteiger partial charge in [0.2, 0.25) is 0 Å². The van der Waals surface area contributed by atoms with E-state index in [0.29, 0.717) is 23.7 Å². The second-order valence-electron chi connectivity index (χ2n) is 7.37. The summed E-state index contributed by atoms with van der Waals surface area (Å²) < 4.78 is 18.6. The van der Waals surface area contributed by atoms with Gasteiger partial charge < -0.3 is 9.84 Å². The van der Waals surface area contributed by atoms with Gasteiger partial charge in [-0.15, -0.1) is 0 Å². The van der Waals surface area contributed by atoms with Crippen molar-refractivity contribution in [3.8, 4) is 0 Å². The topological polar surface area (TPSA) is 67.5 Å². The third-order valence-electron chi connectivity index (χ3n) is 4.89. The van der Waals surface area contributed by atoms with Crippen LogP contribution in [0.5, 0.6) is 0 Å². The first-order chi connectivity index (χ1) is 15.5. The summed E-state index contributed by atoms with van der Waals surface area (Å²) in [5.41, 5.74) is 4.17. The summed E-state index contributed by atoms with van der Waals surface area (Å²) in [5, 5.41) is 7.36. The van der Waals surface area contributed by atoms with E-state index in [1.165, 1.54) is 12.1 Å². The van der Waals surface area contributed by atoms with Gasteiger partial charge in [0.25, 0.3) is 5.91 Å². The third-order valence-corrected chi connectivity index (χ3v) is 5.13. The fourth-order valence-electron chi connectivity index (χ4n) is 3.30. The number of benzene rings is 2. The summed E-state index contributed by atoms with van der Waals surface area (Å²) in [4.78, 5) is 16.7. The van der Waals surface area contributed by atoms with Crippen LogP contribution in [0.15, 0.2) is 64.2 Å². The number of carbonyl (C=O) groups is 1. The molecule has 1 heterocycles. The molecule has 32 heavy (non-hydrogen) atoms. The van der Waals surface area contributed by atoms with Crippen molar-refractivity contribution in [2.75, 3.05) is 6.54 Å². The van der Waals surface area contributed by atoms with Gasteiger partial charge in [0, 0.05) is 36.5 Å². The first-order valence-electron chi connectivity index (χ1n) is 10.4. The summed E-state index contributed by atoms with van der Waals surface area (Å²) in [6.07, 6.45) is 5.37. The molecule has 1 N–H and O–H groups in total. The fraction of sp³-hybridized carbons (Fsp3) is 0.240. The predicted molar refractivity (Wildman–Crippen MR) is 126 cm³/mol. The molecule has 1 aromatic heterocycles. The van der Waals surface area contributed by atoms with Gasteiger partial charge in [-0.1, -0.05) is 35.0 Å². The number of aromatic nitrogens is 1. The lowest BCUT2D eigenvalue weighted by Crippen LogP contribution is -2.24. The minimum Gasteiger partial charge on any atom is -0.360 e. The zero-order valence-electron chi connectivity index (χ0n) is 18.1. The van der Waals surface area contributed by atoms with E-state index in [4.69, 9.17) is 16.1 Å². The van der Waals surface area contributed by atoms with Gasteiger partial charge in [0.15, 0.2) is 5.69 Å². The van der Waals surface area contributed by atoms with Crippen molar-refractivity contribution in [1.82, 2.24) is 10.5 Å². The molecule has 0 aliphatic heterocycles. The van der Waals surface area contributed by atoms with E-state index < -0.39 is 0 Å². The minimum atomic E-state index is -0.314. The fourth-order valence-corrected chi connectivity index (χ4v) is 3.47. The summed E-state index contributed by atoms with van der Waals surface area (Å²) in [5.74, 6) is -0.124. The van der Waals surface area contributed by atoms with E-state index >= 15 is 0 Å². The van der Waals surface area contributed by atoms with Crippen LogP contribution in [0.2, 0.25) is 5.02 Å². The van der Waals surface area contributed by atoms with E-state index in [1.807, 2.05) is 38.2 Å². The van der Waals surface area contributed by atoms with Gasteiger partial charge in [-0.05, 0) is 73.2 Å². The van der Waals surface area contributed by atoms with Gasteiger partial charge >= 0.3 is 0 Å². The monoisotopic (exact) mass is 453 g/mol. The van der Waals surface area contributed by atoms with Crippen LogP contribution in [0, 0.1) is 12.7 Å². The van der Waals surface area contributed by atoms with Crippen molar-refractivity contribution in [3.05, 3.63) is 93.7 Å². The molecule has 3 rings (SSSR count). The Kier molecular flexibility index (Phi) is 8.34. The maximum Gasteiger partial charge on any atom is 0.273 e. The van der Waals surface area contributed by atoms with Gasteiger partial charge in [0.05, 0.1) is 0 Å². The number of rotatable bonds is 9. The molecule has 166 valence electrons. The van der Waals surface area contributed by atoms with Crippen LogP contribution in [0.25, 0.3) is 5.57 Å². The molecular formula is C25H25ClFN3O2. The van der Waals surface area contributed by atoms with Crippen molar-refractivity contribution in [1.29, 1.82) is 0 Å². The van der Waals surface area contributed by atoms with Crippen LogP contribution in [-0.2, 0) is 6.42 Å².